The molecular formula is C8H9BF3KN2O. The van der Waals surface area contributed by atoms with Crippen LogP contribution in [0.2, 0.25) is 0 Å². The number of hydrogen-bond acceptors (Lipinski definition) is 2. The summed E-state index contributed by atoms with van der Waals surface area (Å²) in [6.07, 6.45) is 1.83. The van der Waals surface area contributed by atoms with E-state index >= 15 is 0 Å². The summed E-state index contributed by atoms with van der Waals surface area (Å²) in [5.74, 6) is -0.496. The average molecular weight is 256 g/mol. The Bertz CT molecular complexity index is 384. The number of hydrogen-bond donors (Lipinski definition) is 0. The van der Waals surface area contributed by atoms with Gasteiger partial charge in [-0.15, -0.1) is 0 Å². The molecule has 0 unspecified atom stereocenters. The zero-order chi connectivity index (χ0) is 11.6. The molecular weight excluding hydrogens is 247 g/mol. The Labute approximate surface area is 134 Å². The van der Waals surface area contributed by atoms with Crippen LogP contribution in [0.4, 0.5) is 12.9 Å². The zero-order valence-electron chi connectivity index (χ0n) is 9.25. The monoisotopic (exact) mass is 256 g/mol. The number of carbonyl (C=O) groups is 1. The zero-order valence-corrected chi connectivity index (χ0v) is 12.4. The van der Waals surface area contributed by atoms with Crippen molar-refractivity contribution in [1.29, 1.82) is 0 Å². The van der Waals surface area contributed by atoms with Gasteiger partial charge in [-0.3, -0.25) is 9.78 Å². The molecule has 0 saturated heterocycles. The van der Waals surface area contributed by atoms with Crippen molar-refractivity contribution in [3.8, 4) is 0 Å². The largest absolute Gasteiger partial charge is 1.00 e. The molecule has 0 aliphatic rings. The van der Waals surface area contributed by atoms with Gasteiger partial charge < -0.3 is 17.8 Å². The topological polar surface area (TPSA) is 33.2 Å². The van der Waals surface area contributed by atoms with E-state index in [-0.39, 0.29) is 56.9 Å². The Balaban J connectivity index is 0.00000225. The molecule has 1 aromatic rings. The second-order valence-corrected chi connectivity index (χ2v) is 3.28. The second kappa shape index (κ2) is 6.15. The van der Waals surface area contributed by atoms with Crippen LogP contribution in [-0.4, -0.2) is 36.9 Å². The molecule has 3 nitrogen and oxygen atoms in total. The minimum atomic E-state index is -5.11. The van der Waals surface area contributed by atoms with Gasteiger partial charge in [0.15, 0.2) is 0 Å². The van der Waals surface area contributed by atoms with Crippen molar-refractivity contribution in [2.45, 2.75) is 0 Å². The minimum Gasteiger partial charge on any atom is -0.445 e. The normalized spacial score (nSPS) is 10.6. The van der Waals surface area contributed by atoms with E-state index in [1.54, 1.807) is 0 Å². The van der Waals surface area contributed by atoms with E-state index < -0.39 is 18.3 Å². The van der Waals surface area contributed by atoms with E-state index in [9.17, 15) is 17.7 Å². The minimum absolute atomic E-state index is 0. The first-order valence-corrected chi connectivity index (χ1v) is 4.19. The van der Waals surface area contributed by atoms with Gasteiger partial charge in [0, 0.05) is 20.3 Å². The summed E-state index contributed by atoms with van der Waals surface area (Å²) in [4.78, 5) is 16.0. The Kier molecular flexibility index (Phi) is 6.20. The van der Waals surface area contributed by atoms with E-state index in [0.717, 1.165) is 12.3 Å². The Hall–Kier alpha value is 0.111. The molecule has 1 amide bonds. The maximum Gasteiger partial charge on any atom is 1.00 e. The van der Waals surface area contributed by atoms with Gasteiger partial charge in [0.1, 0.15) is 0 Å². The van der Waals surface area contributed by atoms with E-state index in [1.165, 1.54) is 19.0 Å². The van der Waals surface area contributed by atoms with Gasteiger partial charge >= 0.3 is 58.4 Å². The van der Waals surface area contributed by atoms with Gasteiger partial charge in [-0.2, -0.15) is 0 Å². The van der Waals surface area contributed by atoms with Crippen LogP contribution >= 0.6 is 0 Å². The molecule has 8 heteroatoms. The molecule has 1 rings (SSSR count). The summed E-state index contributed by atoms with van der Waals surface area (Å²) in [7, 11) is 2.93. The molecule has 0 fully saturated rings. The number of pyridine rings is 1. The molecule has 0 radical (unpaired) electrons. The number of nitrogens with zero attached hydrogens (tertiary/aromatic N) is 2. The molecule has 0 aliphatic carbocycles. The van der Waals surface area contributed by atoms with Crippen LogP contribution in [0.1, 0.15) is 10.4 Å². The molecule has 0 spiro atoms. The average Bonchev–Trinajstić information content (AvgIpc) is 2.15. The van der Waals surface area contributed by atoms with Gasteiger partial charge in [-0.1, -0.05) is 11.5 Å². The Morgan fingerprint density at radius 2 is 1.88 bits per heavy atom. The number of carbonyl (C=O) groups excluding carboxylic acids is 1. The van der Waals surface area contributed by atoms with Gasteiger partial charge in [-0.25, -0.2) is 0 Å². The van der Waals surface area contributed by atoms with Crippen molar-refractivity contribution in [2.24, 2.45) is 0 Å². The molecule has 82 valence electrons. The molecule has 0 aromatic carbocycles. The summed E-state index contributed by atoms with van der Waals surface area (Å²) in [6.45, 7) is -5.11. The van der Waals surface area contributed by atoms with Crippen LogP contribution in [-0.2, 0) is 0 Å². The number of halogens is 3. The van der Waals surface area contributed by atoms with Crippen LogP contribution < -0.4 is 56.8 Å². The fourth-order valence-corrected chi connectivity index (χ4v) is 1.01. The van der Waals surface area contributed by atoms with Crippen LogP contribution in [0, 0.1) is 0 Å². The molecule has 16 heavy (non-hydrogen) atoms. The van der Waals surface area contributed by atoms with E-state index in [1.807, 2.05) is 0 Å². The first-order valence-electron chi connectivity index (χ1n) is 4.19. The van der Waals surface area contributed by atoms with Crippen molar-refractivity contribution in [3.05, 3.63) is 24.0 Å². The number of amides is 1. The van der Waals surface area contributed by atoms with Gasteiger partial charge in [0.2, 0.25) is 0 Å². The summed E-state index contributed by atoms with van der Waals surface area (Å²) in [5.41, 5.74) is -0.917. The third-order valence-corrected chi connectivity index (χ3v) is 1.79. The SMILES string of the molecule is CN(C)C(=O)c1cncc([B-](F)(F)F)c1.[K+]. The quantitative estimate of drug-likeness (QED) is 0.565. The second-order valence-electron chi connectivity index (χ2n) is 3.28. The summed E-state index contributed by atoms with van der Waals surface area (Å²) in [5, 5.41) is 0. The number of aromatic nitrogens is 1. The van der Waals surface area contributed by atoms with E-state index in [2.05, 4.69) is 4.98 Å². The standard InChI is InChI=1S/C8H9BF3N2O.K/c1-14(2)8(15)6-3-7(5-13-4-6)9(10,11)12;/h3-5H,1-2H3;/q-1;+1. The molecule has 0 atom stereocenters. The summed E-state index contributed by atoms with van der Waals surface area (Å²) < 4.78 is 37.0. The van der Waals surface area contributed by atoms with Crippen molar-refractivity contribution >= 4 is 18.3 Å². The maximum absolute atomic E-state index is 12.3. The summed E-state index contributed by atoms with van der Waals surface area (Å²) in [6, 6.07) is 0.815. The maximum atomic E-state index is 12.3. The summed E-state index contributed by atoms with van der Waals surface area (Å²) >= 11 is 0. The van der Waals surface area contributed by atoms with Gasteiger partial charge in [-0.05, 0) is 6.20 Å². The van der Waals surface area contributed by atoms with E-state index in [4.69, 9.17) is 0 Å². The first kappa shape index (κ1) is 16.1. The van der Waals surface area contributed by atoms with Crippen LogP contribution in [0.3, 0.4) is 0 Å². The van der Waals surface area contributed by atoms with Crippen molar-refractivity contribution in [1.82, 2.24) is 9.88 Å². The molecule has 0 aliphatic heterocycles. The molecule has 1 aromatic heterocycles. The van der Waals surface area contributed by atoms with Crippen LogP contribution in [0.5, 0.6) is 0 Å². The van der Waals surface area contributed by atoms with Crippen molar-refractivity contribution in [3.63, 3.8) is 0 Å². The number of rotatable bonds is 2. The molecule has 0 N–H and O–H groups in total. The van der Waals surface area contributed by atoms with Crippen LogP contribution in [0.25, 0.3) is 0 Å². The van der Waals surface area contributed by atoms with Crippen molar-refractivity contribution in [2.75, 3.05) is 14.1 Å². The van der Waals surface area contributed by atoms with E-state index in [0.29, 0.717) is 6.20 Å². The van der Waals surface area contributed by atoms with Gasteiger partial charge in [0.05, 0.1) is 5.56 Å². The third kappa shape index (κ3) is 4.17. The molecule has 0 saturated carbocycles. The van der Waals surface area contributed by atoms with Crippen LogP contribution in [0.15, 0.2) is 18.5 Å². The van der Waals surface area contributed by atoms with Gasteiger partial charge in [0.25, 0.3) is 5.91 Å². The predicted octanol–water partition coefficient (Wildman–Crippen LogP) is -2.16. The first-order chi connectivity index (χ1) is 6.82. The fraction of sp³-hybridized carbons (Fsp3) is 0.250. The Morgan fingerprint density at radius 1 is 1.31 bits per heavy atom. The molecule has 0 bridgehead atoms. The smallest absolute Gasteiger partial charge is 0.445 e. The fourth-order valence-electron chi connectivity index (χ4n) is 1.01. The van der Waals surface area contributed by atoms with Crippen molar-refractivity contribution < 1.29 is 69.1 Å². The Morgan fingerprint density at radius 3 is 2.31 bits per heavy atom. The predicted molar refractivity (Wildman–Crippen MR) is 51.0 cm³/mol. The third-order valence-electron chi connectivity index (χ3n) is 1.79. The molecule has 1 heterocycles.